The molecule has 66 valence electrons. The second-order valence-corrected chi connectivity index (χ2v) is 3.35. The molecule has 0 saturated carbocycles. The molecule has 0 bridgehead atoms. The van der Waals surface area contributed by atoms with E-state index in [0.29, 0.717) is 6.54 Å². The SMILES string of the molecule is C#CC1CN(C)C(C(=O)O)C1C. The quantitative estimate of drug-likeness (QED) is 0.570. The number of rotatable bonds is 1. The van der Waals surface area contributed by atoms with Crippen LogP contribution in [0.4, 0.5) is 0 Å². The van der Waals surface area contributed by atoms with Crippen LogP contribution in [0.2, 0.25) is 0 Å². The molecule has 12 heavy (non-hydrogen) atoms. The third-order valence-electron chi connectivity index (χ3n) is 2.56. The van der Waals surface area contributed by atoms with Crippen molar-refractivity contribution in [2.75, 3.05) is 13.6 Å². The van der Waals surface area contributed by atoms with Crippen LogP contribution in [0.3, 0.4) is 0 Å². The number of carboxylic acids is 1. The molecule has 0 radical (unpaired) electrons. The Morgan fingerprint density at radius 2 is 2.33 bits per heavy atom. The first-order chi connectivity index (χ1) is 5.57. The Balaban J connectivity index is 2.78. The summed E-state index contributed by atoms with van der Waals surface area (Å²) in [6, 6.07) is -0.411. The van der Waals surface area contributed by atoms with Gasteiger partial charge in [-0.15, -0.1) is 12.3 Å². The van der Waals surface area contributed by atoms with Crippen LogP contribution < -0.4 is 0 Å². The summed E-state index contributed by atoms with van der Waals surface area (Å²) in [6.45, 7) is 2.58. The first kappa shape index (κ1) is 9.08. The number of nitrogens with zero attached hydrogens (tertiary/aromatic N) is 1. The van der Waals surface area contributed by atoms with Gasteiger partial charge in [-0.05, 0) is 13.0 Å². The molecule has 0 amide bonds. The fourth-order valence-electron chi connectivity index (χ4n) is 1.83. The lowest BCUT2D eigenvalue weighted by atomic mass is 9.93. The number of terminal acetylenes is 1. The number of hydrogen-bond acceptors (Lipinski definition) is 2. The van der Waals surface area contributed by atoms with E-state index in [-0.39, 0.29) is 11.8 Å². The van der Waals surface area contributed by atoms with Gasteiger partial charge in [0.1, 0.15) is 6.04 Å². The second kappa shape index (κ2) is 3.16. The molecule has 3 unspecified atom stereocenters. The highest BCUT2D eigenvalue weighted by Crippen LogP contribution is 2.27. The van der Waals surface area contributed by atoms with E-state index in [4.69, 9.17) is 11.5 Å². The normalized spacial score (nSPS) is 36.2. The van der Waals surface area contributed by atoms with Gasteiger partial charge >= 0.3 is 5.97 Å². The third kappa shape index (κ3) is 1.30. The Morgan fingerprint density at radius 3 is 2.58 bits per heavy atom. The van der Waals surface area contributed by atoms with Gasteiger partial charge in [-0.25, -0.2) is 0 Å². The summed E-state index contributed by atoms with van der Waals surface area (Å²) in [5, 5.41) is 8.86. The van der Waals surface area contributed by atoms with Gasteiger partial charge in [0.2, 0.25) is 0 Å². The van der Waals surface area contributed by atoms with Gasteiger partial charge < -0.3 is 5.11 Å². The molecule has 1 heterocycles. The van der Waals surface area contributed by atoms with Gasteiger partial charge in [-0.2, -0.15) is 0 Å². The van der Waals surface area contributed by atoms with Gasteiger partial charge in [-0.1, -0.05) is 6.92 Å². The van der Waals surface area contributed by atoms with Crippen molar-refractivity contribution in [3.63, 3.8) is 0 Å². The van der Waals surface area contributed by atoms with Crippen molar-refractivity contribution in [1.29, 1.82) is 0 Å². The van der Waals surface area contributed by atoms with E-state index in [1.54, 1.807) is 11.9 Å². The topological polar surface area (TPSA) is 40.5 Å². The molecule has 0 aromatic rings. The van der Waals surface area contributed by atoms with Crippen LogP contribution in [0.1, 0.15) is 6.92 Å². The largest absolute Gasteiger partial charge is 0.480 e. The monoisotopic (exact) mass is 167 g/mol. The van der Waals surface area contributed by atoms with Gasteiger partial charge in [0.05, 0.1) is 0 Å². The van der Waals surface area contributed by atoms with Crippen molar-refractivity contribution in [3.8, 4) is 12.3 Å². The van der Waals surface area contributed by atoms with E-state index in [9.17, 15) is 4.79 Å². The first-order valence-electron chi connectivity index (χ1n) is 3.97. The van der Waals surface area contributed by atoms with Crippen molar-refractivity contribution in [3.05, 3.63) is 0 Å². The number of carbonyl (C=O) groups is 1. The highest BCUT2D eigenvalue weighted by atomic mass is 16.4. The Hall–Kier alpha value is -1.01. The van der Waals surface area contributed by atoms with Crippen molar-refractivity contribution in [2.24, 2.45) is 11.8 Å². The molecule has 0 aromatic carbocycles. The molecule has 3 atom stereocenters. The molecule has 1 saturated heterocycles. The average molecular weight is 167 g/mol. The Kier molecular flexibility index (Phi) is 2.39. The molecule has 0 aliphatic carbocycles. The van der Waals surface area contributed by atoms with Crippen LogP contribution in [-0.2, 0) is 4.79 Å². The lowest BCUT2D eigenvalue weighted by Crippen LogP contribution is -2.36. The Labute approximate surface area is 72.4 Å². The summed E-state index contributed by atoms with van der Waals surface area (Å²) in [6.07, 6.45) is 5.28. The molecular formula is C9H13NO2. The summed E-state index contributed by atoms with van der Waals surface area (Å²) in [5.41, 5.74) is 0. The van der Waals surface area contributed by atoms with Crippen LogP contribution in [0.25, 0.3) is 0 Å². The molecule has 0 aromatic heterocycles. The minimum Gasteiger partial charge on any atom is -0.480 e. The maximum Gasteiger partial charge on any atom is 0.321 e. The van der Waals surface area contributed by atoms with Crippen LogP contribution in [-0.4, -0.2) is 35.6 Å². The minimum atomic E-state index is -0.775. The van der Waals surface area contributed by atoms with Crippen LogP contribution >= 0.6 is 0 Å². The number of hydrogen-bond donors (Lipinski definition) is 1. The van der Waals surface area contributed by atoms with E-state index in [2.05, 4.69) is 5.92 Å². The fraction of sp³-hybridized carbons (Fsp3) is 0.667. The van der Waals surface area contributed by atoms with Crippen molar-refractivity contribution in [2.45, 2.75) is 13.0 Å². The predicted octanol–water partition coefficient (Wildman–Crippen LogP) is 0.270. The van der Waals surface area contributed by atoms with Crippen molar-refractivity contribution < 1.29 is 9.90 Å². The number of aliphatic carboxylic acids is 1. The Bertz CT molecular complexity index is 231. The van der Waals surface area contributed by atoms with Crippen molar-refractivity contribution >= 4 is 5.97 Å². The van der Waals surface area contributed by atoms with E-state index in [1.807, 2.05) is 6.92 Å². The summed E-state index contributed by atoms with van der Waals surface area (Å²) in [5.74, 6) is 1.98. The lowest BCUT2D eigenvalue weighted by Gasteiger charge is -2.17. The summed E-state index contributed by atoms with van der Waals surface area (Å²) < 4.78 is 0. The van der Waals surface area contributed by atoms with E-state index in [1.165, 1.54) is 0 Å². The smallest absolute Gasteiger partial charge is 0.321 e. The highest BCUT2D eigenvalue weighted by molar-refractivity contribution is 5.74. The van der Waals surface area contributed by atoms with Crippen LogP contribution in [0.5, 0.6) is 0 Å². The van der Waals surface area contributed by atoms with E-state index >= 15 is 0 Å². The van der Waals surface area contributed by atoms with Gasteiger partial charge in [-0.3, -0.25) is 9.69 Å². The fourth-order valence-corrected chi connectivity index (χ4v) is 1.83. The van der Waals surface area contributed by atoms with E-state index < -0.39 is 12.0 Å². The predicted molar refractivity (Wildman–Crippen MR) is 45.5 cm³/mol. The molecule has 1 aliphatic rings. The first-order valence-corrected chi connectivity index (χ1v) is 3.97. The van der Waals surface area contributed by atoms with Crippen molar-refractivity contribution in [1.82, 2.24) is 4.90 Å². The minimum absolute atomic E-state index is 0.0532. The van der Waals surface area contributed by atoms with Gasteiger partial charge in [0.15, 0.2) is 0 Å². The summed E-state index contributed by atoms with van der Waals surface area (Å²) in [4.78, 5) is 12.6. The number of likely N-dealkylation sites (N-methyl/N-ethyl adjacent to an activating group) is 1. The molecule has 3 nitrogen and oxygen atoms in total. The molecule has 3 heteroatoms. The lowest BCUT2D eigenvalue weighted by molar-refractivity contribution is -0.142. The zero-order valence-corrected chi connectivity index (χ0v) is 7.32. The van der Waals surface area contributed by atoms with Crippen LogP contribution in [0.15, 0.2) is 0 Å². The molecular weight excluding hydrogens is 154 g/mol. The highest BCUT2D eigenvalue weighted by Gasteiger charge is 2.40. The summed E-state index contributed by atoms with van der Waals surface area (Å²) >= 11 is 0. The summed E-state index contributed by atoms with van der Waals surface area (Å²) in [7, 11) is 1.80. The molecule has 1 fully saturated rings. The number of carboxylic acid groups (broad SMARTS) is 1. The number of likely N-dealkylation sites (tertiary alicyclic amines) is 1. The maximum absolute atomic E-state index is 10.8. The van der Waals surface area contributed by atoms with Gasteiger partial charge in [0.25, 0.3) is 0 Å². The molecule has 1 N–H and O–H groups in total. The zero-order chi connectivity index (χ0) is 9.30. The maximum atomic E-state index is 10.8. The van der Waals surface area contributed by atoms with Gasteiger partial charge in [0, 0.05) is 12.5 Å². The molecule has 1 aliphatic heterocycles. The third-order valence-corrected chi connectivity index (χ3v) is 2.56. The standard InChI is InChI=1S/C9H13NO2/c1-4-7-5-10(3)8(6(7)2)9(11)12/h1,6-8H,5H2,2-3H3,(H,11,12). The molecule has 1 rings (SSSR count). The second-order valence-electron chi connectivity index (χ2n) is 3.35. The zero-order valence-electron chi connectivity index (χ0n) is 7.32. The Morgan fingerprint density at radius 1 is 1.75 bits per heavy atom. The van der Waals surface area contributed by atoms with E-state index in [0.717, 1.165) is 0 Å². The molecule has 0 spiro atoms. The average Bonchev–Trinajstić information content (AvgIpc) is 2.25. The van der Waals surface area contributed by atoms with Crippen LogP contribution in [0, 0.1) is 24.2 Å².